The number of hydrogen-bond acceptors (Lipinski definition) is 0. The lowest BCUT2D eigenvalue weighted by Crippen LogP contribution is -1.99. The summed E-state index contributed by atoms with van der Waals surface area (Å²) in [4.78, 5) is 0. The first-order valence-corrected chi connectivity index (χ1v) is 2.67. The van der Waals surface area contributed by atoms with Gasteiger partial charge in [0.1, 0.15) is 0 Å². The molecular formula is C6H5F7. The number of rotatable bonds is 0. The van der Waals surface area contributed by atoms with Crippen molar-refractivity contribution >= 4 is 0 Å². The second-order valence-corrected chi connectivity index (χ2v) is 1.58. The van der Waals surface area contributed by atoms with Crippen LogP contribution in [0.4, 0.5) is 30.7 Å². The predicted molar refractivity (Wildman–Crippen MR) is 32.6 cm³/mol. The maximum Gasteiger partial charge on any atom is 0.411 e. The molecule has 0 fully saturated rings. The summed E-state index contributed by atoms with van der Waals surface area (Å²) in [5.74, 6) is 0. The van der Waals surface area contributed by atoms with Gasteiger partial charge >= 0.3 is 12.4 Å². The first-order chi connectivity index (χ1) is 5.62. The average Bonchev–Trinajstić information content (AvgIpc) is 1.84. The van der Waals surface area contributed by atoms with Gasteiger partial charge < -0.3 is 0 Å². The normalized spacial score (nSPS) is 12.2. The Balaban J connectivity index is 0. The largest absolute Gasteiger partial charge is 0.411 e. The predicted octanol–water partition coefficient (Wildman–Crippen LogP) is 3.77. The number of alkyl halides is 6. The van der Waals surface area contributed by atoms with E-state index in [1.54, 1.807) is 0 Å². The van der Waals surface area contributed by atoms with Crippen LogP contribution >= 0.6 is 0 Å². The van der Waals surface area contributed by atoms with E-state index in [2.05, 4.69) is 6.58 Å². The van der Waals surface area contributed by atoms with Crippen LogP contribution in [0.5, 0.6) is 0 Å². The van der Waals surface area contributed by atoms with Gasteiger partial charge in [0.05, 0.1) is 6.33 Å². The van der Waals surface area contributed by atoms with Gasteiger partial charge in [-0.3, -0.25) is 0 Å². The van der Waals surface area contributed by atoms with Crippen LogP contribution < -0.4 is 0 Å². The van der Waals surface area contributed by atoms with Gasteiger partial charge in [0.25, 0.3) is 0 Å². The Kier molecular flexibility index (Phi) is 6.26. The molecule has 0 saturated heterocycles. The minimum atomic E-state index is -4.51. The topological polar surface area (TPSA) is 0 Å². The van der Waals surface area contributed by atoms with E-state index in [1.165, 1.54) is 0 Å². The van der Waals surface area contributed by atoms with E-state index in [1.807, 2.05) is 0 Å². The highest BCUT2D eigenvalue weighted by atomic mass is 19.4. The molecule has 0 saturated carbocycles. The zero-order valence-electron chi connectivity index (χ0n) is 6.08. The molecule has 0 heterocycles. The van der Waals surface area contributed by atoms with E-state index in [0.717, 1.165) is 0 Å². The van der Waals surface area contributed by atoms with E-state index >= 15 is 0 Å². The summed E-state index contributed by atoms with van der Waals surface area (Å²) in [5, 5.41) is 0. The third-order valence-corrected chi connectivity index (χ3v) is 0.483. The van der Waals surface area contributed by atoms with E-state index in [-0.39, 0.29) is 6.08 Å². The third kappa shape index (κ3) is 24.8. The molecular weight excluding hydrogens is 205 g/mol. The van der Waals surface area contributed by atoms with Crippen LogP contribution in [-0.4, -0.2) is 12.4 Å². The fourth-order valence-corrected chi connectivity index (χ4v) is 0.0714. The molecule has 0 aromatic heterocycles. The van der Waals surface area contributed by atoms with E-state index in [9.17, 15) is 30.7 Å². The molecule has 0 aromatic carbocycles. The molecule has 0 aromatic rings. The van der Waals surface area contributed by atoms with Gasteiger partial charge in [-0.05, 0) is 0 Å². The lowest BCUT2D eigenvalue weighted by atomic mass is 10.6. The SMILES string of the molecule is C=CC(F)(F)F.FC=CC(F)(F)F. The molecule has 78 valence electrons. The minimum absolute atomic E-state index is 0.0625. The zero-order valence-corrected chi connectivity index (χ0v) is 6.08. The van der Waals surface area contributed by atoms with Gasteiger partial charge in [0.2, 0.25) is 0 Å². The summed E-state index contributed by atoms with van der Waals surface area (Å²) in [7, 11) is 0. The molecule has 0 nitrogen and oxygen atoms in total. The van der Waals surface area contributed by atoms with E-state index in [0.29, 0.717) is 0 Å². The molecule has 7 heteroatoms. The van der Waals surface area contributed by atoms with Gasteiger partial charge in [0.15, 0.2) is 0 Å². The van der Waals surface area contributed by atoms with Gasteiger partial charge in [0, 0.05) is 12.2 Å². The fraction of sp³-hybridized carbons (Fsp3) is 0.333. The first-order valence-electron chi connectivity index (χ1n) is 2.67. The van der Waals surface area contributed by atoms with Crippen molar-refractivity contribution in [1.29, 1.82) is 0 Å². The Morgan fingerprint density at radius 3 is 1.15 bits per heavy atom. The summed E-state index contributed by atoms with van der Waals surface area (Å²) >= 11 is 0. The zero-order chi connectivity index (χ0) is 11.1. The van der Waals surface area contributed by atoms with Crippen molar-refractivity contribution in [2.75, 3.05) is 0 Å². The summed E-state index contributed by atoms with van der Waals surface area (Å²) < 4.78 is 74.8. The molecule has 0 bridgehead atoms. The number of hydrogen-bond donors (Lipinski definition) is 0. The molecule has 0 atom stereocenters. The molecule has 13 heavy (non-hydrogen) atoms. The van der Waals surface area contributed by atoms with Crippen molar-refractivity contribution in [1.82, 2.24) is 0 Å². The highest BCUT2D eigenvalue weighted by Crippen LogP contribution is 2.15. The van der Waals surface area contributed by atoms with Gasteiger partial charge in [-0.1, -0.05) is 6.58 Å². The summed E-state index contributed by atoms with van der Waals surface area (Å²) in [6, 6.07) is 0. The number of halogens is 7. The molecule has 0 radical (unpaired) electrons. The van der Waals surface area contributed by atoms with Gasteiger partial charge in [-0.25, -0.2) is 4.39 Å². The lowest BCUT2D eigenvalue weighted by Gasteiger charge is -1.92. The van der Waals surface area contributed by atoms with Crippen molar-refractivity contribution in [3.05, 3.63) is 25.1 Å². The van der Waals surface area contributed by atoms with Crippen LogP contribution in [0.1, 0.15) is 0 Å². The second-order valence-electron chi connectivity index (χ2n) is 1.58. The van der Waals surface area contributed by atoms with Crippen LogP contribution in [0.2, 0.25) is 0 Å². The molecule has 0 aliphatic heterocycles. The highest BCUT2D eigenvalue weighted by molar-refractivity contribution is 4.80. The summed E-state index contributed by atoms with van der Waals surface area (Å²) in [6.07, 6.45) is -9.78. The Morgan fingerprint density at radius 2 is 1.15 bits per heavy atom. The second kappa shape index (κ2) is 5.60. The Labute approximate surface area is 69.3 Å². The average molecular weight is 210 g/mol. The highest BCUT2D eigenvalue weighted by Gasteiger charge is 2.21. The van der Waals surface area contributed by atoms with E-state index in [4.69, 9.17) is 0 Å². The Bertz CT molecular complexity index is 161. The van der Waals surface area contributed by atoms with Crippen LogP contribution in [0, 0.1) is 0 Å². The smallest absolute Gasteiger partial charge is 0.216 e. The maximum atomic E-state index is 10.7. The minimum Gasteiger partial charge on any atom is -0.216 e. The molecule has 0 aliphatic carbocycles. The van der Waals surface area contributed by atoms with Crippen LogP contribution in [0.25, 0.3) is 0 Å². The van der Waals surface area contributed by atoms with Gasteiger partial charge in [-0.15, -0.1) is 0 Å². The van der Waals surface area contributed by atoms with Crippen LogP contribution in [-0.2, 0) is 0 Å². The number of allylic oxidation sites excluding steroid dienone is 2. The molecule has 0 amide bonds. The monoisotopic (exact) mass is 210 g/mol. The Morgan fingerprint density at radius 1 is 0.846 bits per heavy atom. The summed E-state index contributed by atoms with van der Waals surface area (Å²) in [5.41, 5.74) is 0. The van der Waals surface area contributed by atoms with Crippen molar-refractivity contribution in [3.63, 3.8) is 0 Å². The van der Waals surface area contributed by atoms with Crippen LogP contribution in [0.15, 0.2) is 25.1 Å². The molecule has 0 rings (SSSR count). The maximum absolute atomic E-state index is 10.7. The molecule has 0 unspecified atom stereocenters. The van der Waals surface area contributed by atoms with Crippen molar-refractivity contribution < 1.29 is 30.7 Å². The van der Waals surface area contributed by atoms with E-state index < -0.39 is 24.8 Å². The first kappa shape index (κ1) is 14.5. The van der Waals surface area contributed by atoms with Crippen LogP contribution in [0.3, 0.4) is 0 Å². The fourth-order valence-electron chi connectivity index (χ4n) is 0.0714. The van der Waals surface area contributed by atoms with Crippen molar-refractivity contribution in [2.24, 2.45) is 0 Å². The third-order valence-electron chi connectivity index (χ3n) is 0.483. The van der Waals surface area contributed by atoms with Crippen molar-refractivity contribution in [3.8, 4) is 0 Å². The summed E-state index contributed by atoms with van der Waals surface area (Å²) in [6.45, 7) is 2.51. The Hall–Kier alpha value is -1.01. The molecule has 0 spiro atoms. The standard InChI is InChI=1S/C3H2F4.C3H3F3/c4-2-1-3(5,6)7;1-2-3(4,5)6/h1-2H;2H,1H2. The van der Waals surface area contributed by atoms with Crippen molar-refractivity contribution in [2.45, 2.75) is 12.4 Å². The lowest BCUT2D eigenvalue weighted by molar-refractivity contribution is -0.0811. The molecule has 0 aliphatic rings. The quantitative estimate of drug-likeness (QED) is 0.421. The molecule has 0 N–H and O–H groups in total. The van der Waals surface area contributed by atoms with Gasteiger partial charge in [-0.2, -0.15) is 26.3 Å².